The van der Waals surface area contributed by atoms with Gasteiger partial charge in [-0.25, -0.2) is 4.79 Å². The standard InChI is InChI=1S/C8H7FN2O4/c1-10(8(12)13)5-2-3-6(9)7(4-5)11(14)15/h2-4H,1H3,(H,12,13). The number of halogens is 1. The lowest BCUT2D eigenvalue weighted by Crippen LogP contribution is -2.23. The van der Waals surface area contributed by atoms with E-state index in [1.807, 2.05) is 0 Å². The first-order chi connectivity index (χ1) is 6.93. The molecular formula is C8H7FN2O4. The fraction of sp³-hybridized carbons (Fsp3) is 0.125. The van der Waals surface area contributed by atoms with Crippen molar-refractivity contribution in [2.45, 2.75) is 0 Å². The number of hydrogen-bond acceptors (Lipinski definition) is 3. The second kappa shape index (κ2) is 3.91. The van der Waals surface area contributed by atoms with Crippen molar-refractivity contribution < 1.29 is 19.2 Å². The van der Waals surface area contributed by atoms with Crippen LogP contribution in [0.2, 0.25) is 0 Å². The normalized spacial score (nSPS) is 9.73. The monoisotopic (exact) mass is 214 g/mol. The van der Waals surface area contributed by atoms with Crippen molar-refractivity contribution in [2.75, 3.05) is 11.9 Å². The molecule has 80 valence electrons. The van der Waals surface area contributed by atoms with Gasteiger partial charge in [-0.3, -0.25) is 15.0 Å². The number of benzene rings is 1. The number of carboxylic acid groups (broad SMARTS) is 1. The number of amides is 1. The predicted molar refractivity (Wildman–Crippen MR) is 49.5 cm³/mol. The Morgan fingerprint density at radius 2 is 2.20 bits per heavy atom. The molecule has 1 aromatic carbocycles. The molecule has 0 radical (unpaired) electrons. The molecule has 0 saturated carbocycles. The maximum atomic E-state index is 12.9. The highest BCUT2D eigenvalue weighted by Crippen LogP contribution is 2.23. The van der Waals surface area contributed by atoms with Gasteiger partial charge in [0.25, 0.3) is 0 Å². The number of nitro benzene ring substituents is 1. The maximum absolute atomic E-state index is 12.9. The Bertz CT molecular complexity index is 421. The third-order valence-corrected chi connectivity index (χ3v) is 1.80. The lowest BCUT2D eigenvalue weighted by molar-refractivity contribution is -0.387. The Balaban J connectivity index is 3.18. The van der Waals surface area contributed by atoms with E-state index in [1.165, 1.54) is 7.05 Å². The molecule has 1 amide bonds. The van der Waals surface area contributed by atoms with Gasteiger partial charge < -0.3 is 5.11 Å². The van der Waals surface area contributed by atoms with Gasteiger partial charge in [-0.15, -0.1) is 0 Å². The average Bonchev–Trinajstić information content (AvgIpc) is 2.16. The summed E-state index contributed by atoms with van der Waals surface area (Å²) in [6.07, 6.45) is -1.28. The Morgan fingerprint density at radius 1 is 1.60 bits per heavy atom. The number of carbonyl (C=O) groups is 1. The fourth-order valence-electron chi connectivity index (χ4n) is 0.960. The zero-order chi connectivity index (χ0) is 11.6. The number of anilines is 1. The highest BCUT2D eigenvalue weighted by Gasteiger charge is 2.17. The summed E-state index contributed by atoms with van der Waals surface area (Å²) in [5.74, 6) is -0.998. The molecule has 0 bridgehead atoms. The maximum Gasteiger partial charge on any atom is 0.411 e. The third-order valence-electron chi connectivity index (χ3n) is 1.80. The van der Waals surface area contributed by atoms with Gasteiger partial charge in [0, 0.05) is 13.1 Å². The van der Waals surface area contributed by atoms with Crippen LogP contribution in [-0.4, -0.2) is 23.2 Å². The van der Waals surface area contributed by atoms with Crippen molar-refractivity contribution >= 4 is 17.5 Å². The van der Waals surface area contributed by atoms with Crippen molar-refractivity contribution in [3.8, 4) is 0 Å². The van der Waals surface area contributed by atoms with Crippen LogP contribution in [0.3, 0.4) is 0 Å². The molecule has 0 atom stereocenters. The highest BCUT2D eigenvalue weighted by atomic mass is 19.1. The molecule has 0 unspecified atom stereocenters. The SMILES string of the molecule is CN(C(=O)O)c1ccc(F)c([N+](=O)[O-])c1. The van der Waals surface area contributed by atoms with Gasteiger partial charge in [-0.2, -0.15) is 4.39 Å². The molecule has 1 rings (SSSR count). The lowest BCUT2D eigenvalue weighted by atomic mass is 10.2. The summed E-state index contributed by atoms with van der Waals surface area (Å²) in [5.41, 5.74) is -0.712. The number of nitro groups is 1. The minimum atomic E-state index is -1.28. The van der Waals surface area contributed by atoms with E-state index < -0.39 is 22.5 Å². The summed E-state index contributed by atoms with van der Waals surface area (Å²) in [5, 5.41) is 19.0. The quantitative estimate of drug-likeness (QED) is 0.601. The number of rotatable bonds is 2. The Labute approximate surface area is 83.7 Å². The lowest BCUT2D eigenvalue weighted by Gasteiger charge is -2.12. The molecule has 6 nitrogen and oxygen atoms in total. The van der Waals surface area contributed by atoms with E-state index in [-0.39, 0.29) is 5.69 Å². The molecule has 1 aromatic rings. The molecule has 0 aliphatic heterocycles. The van der Waals surface area contributed by atoms with Crippen molar-refractivity contribution in [3.05, 3.63) is 34.1 Å². The van der Waals surface area contributed by atoms with Crippen LogP contribution in [-0.2, 0) is 0 Å². The molecule has 0 saturated heterocycles. The average molecular weight is 214 g/mol. The summed E-state index contributed by atoms with van der Waals surface area (Å²) in [7, 11) is 1.21. The van der Waals surface area contributed by atoms with Crippen molar-refractivity contribution in [1.29, 1.82) is 0 Å². The van der Waals surface area contributed by atoms with E-state index in [0.717, 1.165) is 23.1 Å². The summed E-state index contributed by atoms with van der Waals surface area (Å²) in [4.78, 5) is 20.7. The minimum Gasteiger partial charge on any atom is -0.465 e. The first-order valence-corrected chi connectivity index (χ1v) is 3.84. The van der Waals surface area contributed by atoms with Crippen molar-refractivity contribution in [3.63, 3.8) is 0 Å². The molecule has 0 aliphatic rings. The molecule has 0 spiro atoms. The molecule has 7 heteroatoms. The van der Waals surface area contributed by atoms with Crippen LogP contribution in [0.15, 0.2) is 18.2 Å². The van der Waals surface area contributed by atoms with E-state index in [9.17, 15) is 19.3 Å². The predicted octanol–water partition coefficient (Wildman–Crippen LogP) is 1.85. The first kappa shape index (κ1) is 10.9. The van der Waals surface area contributed by atoms with Crippen LogP contribution in [0.5, 0.6) is 0 Å². The third kappa shape index (κ3) is 2.19. The van der Waals surface area contributed by atoms with Gasteiger partial charge in [0.2, 0.25) is 5.82 Å². The van der Waals surface area contributed by atoms with Crippen molar-refractivity contribution in [2.24, 2.45) is 0 Å². The minimum absolute atomic E-state index is 0.0376. The topological polar surface area (TPSA) is 83.7 Å². The smallest absolute Gasteiger partial charge is 0.411 e. The second-order valence-electron chi connectivity index (χ2n) is 2.73. The van der Waals surface area contributed by atoms with Gasteiger partial charge in [0.1, 0.15) is 0 Å². The largest absolute Gasteiger partial charge is 0.465 e. The van der Waals surface area contributed by atoms with Gasteiger partial charge in [0.15, 0.2) is 0 Å². The van der Waals surface area contributed by atoms with E-state index >= 15 is 0 Å². The fourth-order valence-corrected chi connectivity index (χ4v) is 0.960. The Kier molecular flexibility index (Phi) is 2.84. The van der Waals surface area contributed by atoms with Crippen molar-refractivity contribution in [1.82, 2.24) is 0 Å². The highest BCUT2D eigenvalue weighted by molar-refractivity contribution is 5.85. The van der Waals surface area contributed by atoms with Crippen LogP contribution in [0.1, 0.15) is 0 Å². The summed E-state index contributed by atoms with van der Waals surface area (Å²) in [6, 6.07) is 2.87. The van der Waals surface area contributed by atoms with E-state index in [4.69, 9.17) is 5.11 Å². The van der Waals surface area contributed by atoms with E-state index in [1.54, 1.807) is 0 Å². The summed E-state index contributed by atoms with van der Waals surface area (Å²) >= 11 is 0. The zero-order valence-corrected chi connectivity index (χ0v) is 7.68. The zero-order valence-electron chi connectivity index (χ0n) is 7.68. The van der Waals surface area contributed by atoms with Crippen LogP contribution < -0.4 is 4.90 Å². The van der Waals surface area contributed by atoms with Gasteiger partial charge in [0.05, 0.1) is 10.6 Å². The number of hydrogen-bond donors (Lipinski definition) is 1. The van der Waals surface area contributed by atoms with Crippen LogP contribution in [0, 0.1) is 15.9 Å². The second-order valence-corrected chi connectivity index (χ2v) is 2.73. The molecule has 0 aliphatic carbocycles. The van der Waals surface area contributed by atoms with Gasteiger partial charge in [-0.05, 0) is 12.1 Å². The molecule has 0 fully saturated rings. The van der Waals surface area contributed by atoms with E-state index in [2.05, 4.69) is 0 Å². The summed E-state index contributed by atoms with van der Waals surface area (Å²) < 4.78 is 12.9. The molecular weight excluding hydrogens is 207 g/mol. The van der Waals surface area contributed by atoms with Crippen LogP contribution in [0.25, 0.3) is 0 Å². The van der Waals surface area contributed by atoms with Gasteiger partial charge >= 0.3 is 11.8 Å². The Morgan fingerprint density at radius 3 is 2.67 bits per heavy atom. The van der Waals surface area contributed by atoms with Crippen LogP contribution >= 0.6 is 0 Å². The molecule has 0 heterocycles. The van der Waals surface area contributed by atoms with Crippen LogP contribution in [0.4, 0.5) is 20.6 Å². The molecule has 1 N–H and O–H groups in total. The molecule has 0 aromatic heterocycles. The summed E-state index contributed by atoms with van der Waals surface area (Å²) in [6.45, 7) is 0. The van der Waals surface area contributed by atoms with Gasteiger partial charge in [-0.1, -0.05) is 0 Å². The molecule has 15 heavy (non-hydrogen) atoms. The number of nitrogens with zero attached hydrogens (tertiary/aromatic N) is 2. The van der Waals surface area contributed by atoms with E-state index in [0.29, 0.717) is 0 Å². The Hall–Kier alpha value is -2.18. The first-order valence-electron chi connectivity index (χ1n) is 3.84.